The van der Waals surface area contributed by atoms with E-state index in [1.165, 1.54) is 21.9 Å². The molecule has 3 atom stereocenters. The largest absolute Gasteiger partial charge is 0.487 e. The summed E-state index contributed by atoms with van der Waals surface area (Å²) in [6.45, 7) is 6.51. The third-order valence-electron chi connectivity index (χ3n) is 5.97. The van der Waals surface area contributed by atoms with Crippen molar-refractivity contribution in [3.8, 4) is 5.75 Å². The zero-order valence-corrected chi connectivity index (χ0v) is 16.2. The lowest BCUT2D eigenvalue weighted by Gasteiger charge is -2.38. The Balaban J connectivity index is 1.57. The fourth-order valence-electron chi connectivity index (χ4n) is 4.65. The first kappa shape index (κ1) is 17.1. The van der Waals surface area contributed by atoms with Crippen LogP contribution in [0.5, 0.6) is 5.75 Å². The minimum absolute atomic E-state index is 0.270. The number of benzene rings is 3. The minimum atomic E-state index is 0.270. The average Bonchev–Trinajstić information content (AvgIpc) is 3.21. The van der Waals surface area contributed by atoms with Crippen LogP contribution in [0.25, 0.3) is 10.8 Å². The molecule has 1 aliphatic heterocycles. The van der Waals surface area contributed by atoms with Gasteiger partial charge in [-0.3, -0.25) is 0 Å². The van der Waals surface area contributed by atoms with Crippen LogP contribution in [0.2, 0.25) is 0 Å². The van der Waals surface area contributed by atoms with Gasteiger partial charge in [-0.1, -0.05) is 67.3 Å². The molecule has 0 saturated heterocycles. The normalized spacial score (nSPS) is 22.4. The maximum absolute atomic E-state index is 6.08. The molecule has 1 heterocycles. The van der Waals surface area contributed by atoms with Crippen LogP contribution in [0.3, 0.4) is 0 Å². The van der Waals surface area contributed by atoms with Crippen molar-refractivity contribution >= 4 is 16.5 Å². The monoisotopic (exact) mass is 367 g/mol. The standard InChI is InChI=1S/C26H25NO/c1-17(2)16-28-24-12-6-11-23-21-9-5-10-22(21)25(27-26(23)24)20-14-13-18-7-3-4-8-19(18)15-20/h3-9,11-15,21-22,25,27H,1,10,16H2,2H3. The van der Waals surface area contributed by atoms with Gasteiger partial charge in [0.1, 0.15) is 12.4 Å². The third-order valence-corrected chi connectivity index (χ3v) is 5.97. The van der Waals surface area contributed by atoms with E-state index in [9.17, 15) is 0 Å². The predicted octanol–water partition coefficient (Wildman–Crippen LogP) is 6.62. The molecule has 0 aromatic heterocycles. The molecular weight excluding hydrogens is 342 g/mol. The van der Waals surface area contributed by atoms with Gasteiger partial charge in [0.2, 0.25) is 0 Å². The third kappa shape index (κ3) is 2.90. The van der Waals surface area contributed by atoms with Gasteiger partial charge in [-0.05, 0) is 58.9 Å². The molecule has 0 saturated carbocycles. The Hall–Kier alpha value is -3.00. The van der Waals surface area contributed by atoms with Crippen molar-refractivity contribution < 1.29 is 4.74 Å². The molecule has 0 amide bonds. The smallest absolute Gasteiger partial charge is 0.143 e. The Labute approximate surface area is 166 Å². The van der Waals surface area contributed by atoms with Gasteiger partial charge in [-0.25, -0.2) is 0 Å². The van der Waals surface area contributed by atoms with Crippen LogP contribution in [0.15, 0.2) is 85.0 Å². The maximum atomic E-state index is 6.08. The molecule has 140 valence electrons. The van der Waals surface area contributed by atoms with Crippen LogP contribution >= 0.6 is 0 Å². The number of hydrogen-bond donors (Lipinski definition) is 1. The van der Waals surface area contributed by atoms with Crippen LogP contribution in [0.4, 0.5) is 5.69 Å². The SMILES string of the molecule is C=C(C)COc1cccc2c1NC(c1ccc3ccccc3c1)C1CC=CC21. The van der Waals surface area contributed by atoms with E-state index >= 15 is 0 Å². The number of fused-ring (bicyclic) bond motifs is 4. The molecular formula is C26H25NO. The fraction of sp³-hybridized carbons (Fsp3) is 0.231. The number of anilines is 1. The first-order chi connectivity index (χ1) is 13.7. The van der Waals surface area contributed by atoms with E-state index < -0.39 is 0 Å². The zero-order valence-electron chi connectivity index (χ0n) is 16.2. The van der Waals surface area contributed by atoms with Crippen molar-refractivity contribution in [1.82, 2.24) is 0 Å². The van der Waals surface area contributed by atoms with E-state index in [4.69, 9.17) is 4.74 Å². The minimum Gasteiger partial charge on any atom is -0.487 e. The number of ether oxygens (including phenoxy) is 1. The highest BCUT2D eigenvalue weighted by atomic mass is 16.5. The summed E-state index contributed by atoms with van der Waals surface area (Å²) in [7, 11) is 0. The highest BCUT2D eigenvalue weighted by Gasteiger charge is 2.39. The summed E-state index contributed by atoms with van der Waals surface area (Å²) in [5.41, 5.74) is 4.85. The van der Waals surface area contributed by atoms with Gasteiger partial charge in [0, 0.05) is 5.92 Å². The molecule has 2 nitrogen and oxygen atoms in total. The first-order valence-electron chi connectivity index (χ1n) is 10.0. The van der Waals surface area contributed by atoms with Gasteiger partial charge in [0.25, 0.3) is 0 Å². The predicted molar refractivity (Wildman–Crippen MR) is 117 cm³/mol. The van der Waals surface area contributed by atoms with Crippen LogP contribution in [-0.4, -0.2) is 6.61 Å². The van der Waals surface area contributed by atoms with E-state index in [-0.39, 0.29) is 6.04 Å². The van der Waals surface area contributed by atoms with Crippen molar-refractivity contribution in [3.05, 3.63) is 96.1 Å². The number of hydrogen-bond acceptors (Lipinski definition) is 2. The van der Waals surface area contributed by atoms with Gasteiger partial charge >= 0.3 is 0 Å². The first-order valence-corrected chi connectivity index (χ1v) is 10.0. The maximum Gasteiger partial charge on any atom is 0.143 e. The lowest BCUT2D eigenvalue weighted by atomic mass is 9.76. The molecule has 5 rings (SSSR count). The molecule has 0 radical (unpaired) electrons. The summed E-state index contributed by atoms with van der Waals surface area (Å²) >= 11 is 0. The molecule has 3 unspecified atom stereocenters. The van der Waals surface area contributed by atoms with Crippen molar-refractivity contribution in [2.75, 3.05) is 11.9 Å². The van der Waals surface area contributed by atoms with Crippen molar-refractivity contribution in [2.45, 2.75) is 25.3 Å². The lowest BCUT2D eigenvalue weighted by molar-refractivity contribution is 0.348. The van der Waals surface area contributed by atoms with Gasteiger partial charge in [0.05, 0.1) is 11.7 Å². The summed E-state index contributed by atoms with van der Waals surface area (Å²) in [6.07, 6.45) is 5.81. The Kier molecular flexibility index (Phi) is 4.20. The molecule has 28 heavy (non-hydrogen) atoms. The summed E-state index contributed by atoms with van der Waals surface area (Å²) in [5.74, 6) is 1.89. The van der Waals surface area contributed by atoms with Crippen molar-refractivity contribution in [2.24, 2.45) is 5.92 Å². The van der Waals surface area contributed by atoms with Crippen LogP contribution < -0.4 is 10.1 Å². The molecule has 0 bridgehead atoms. The van der Waals surface area contributed by atoms with E-state index in [0.29, 0.717) is 18.4 Å². The van der Waals surface area contributed by atoms with Crippen molar-refractivity contribution in [3.63, 3.8) is 0 Å². The summed E-state index contributed by atoms with van der Waals surface area (Å²) < 4.78 is 6.08. The number of para-hydroxylation sites is 1. The topological polar surface area (TPSA) is 21.3 Å². The lowest BCUT2D eigenvalue weighted by Crippen LogP contribution is -2.29. The van der Waals surface area contributed by atoms with Gasteiger partial charge in [-0.15, -0.1) is 0 Å². The van der Waals surface area contributed by atoms with E-state index in [1.54, 1.807) is 0 Å². The second kappa shape index (κ2) is 6.87. The van der Waals surface area contributed by atoms with Crippen molar-refractivity contribution in [1.29, 1.82) is 0 Å². The van der Waals surface area contributed by atoms with Crippen LogP contribution in [-0.2, 0) is 0 Å². The molecule has 1 N–H and O–H groups in total. The van der Waals surface area contributed by atoms with Crippen LogP contribution in [0.1, 0.15) is 36.4 Å². The molecule has 3 aromatic carbocycles. The highest BCUT2D eigenvalue weighted by molar-refractivity contribution is 5.83. The van der Waals surface area contributed by atoms with Gasteiger partial charge < -0.3 is 10.1 Å². The van der Waals surface area contributed by atoms with Gasteiger partial charge in [-0.2, -0.15) is 0 Å². The quantitative estimate of drug-likeness (QED) is 0.523. The van der Waals surface area contributed by atoms with E-state index in [0.717, 1.165) is 23.4 Å². The number of allylic oxidation sites excluding steroid dienone is 2. The average molecular weight is 367 g/mol. The Bertz CT molecular complexity index is 1080. The zero-order chi connectivity index (χ0) is 19.1. The molecule has 2 heteroatoms. The van der Waals surface area contributed by atoms with E-state index in [1.807, 2.05) is 6.92 Å². The molecule has 0 fully saturated rings. The second-order valence-electron chi connectivity index (χ2n) is 8.05. The second-order valence-corrected chi connectivity index (χ2v) is 8.05. The molecule has 1 aliphatic carbocycles. The van der Waals surface area contributed by atoms with Gasteiger partial charge in [0.15, 0.2) is 0 Å². The van der Waals surface area contributed by atoms with E-state index in [2.05, 4.69) is 84.7 Å². The molecule has 2 aliphatic rings. The van der Waals surface area contributed by atoms with Crippen LogP contribution in [0, 0.1) is 5.92 Å². The number of nitrogens with one attached hydrogen (secondary N) is 1. The summed E-state index contributed by atoms with van der Waals surface area (Å²) in [6, 6.07) is 22.1. The Morgan fingerprint density at radius 3 is 2.79 bits per heavy atom. The Morgan fingerprint density at radius 2 is 1.93 bits per heavy atom. The molecule has 3 aromatic rings. The fourth-order valence-corrected chi connectivity index (χ4v) is 4.65. The molecule has 0 spiro atoms. The summed E-state index contributed by atoms with van der Waals surface area (Å²) in [5, 5.41) is 6.43. The Morgan fingerprint density at radius 1 is 1.07 bits per heavy atom. The summed E-state index contributed by atoms with van der Waals surface area (Å²) in [4.78, 5) is 0. The highest BCUT2D eigenvalue weighted by Crippen LogP contribution is 2.52. The number of rotatable bonds is 4.